The Morgan fingerprint density at radius 1 is 1.50 bits per heavy atom. The van der Waals surface area contributed by atoms with Crippen LogP contribution in [0.3, 0.4) is 0 Å². The van der Waals surface area contributed by atoms with Gasteiger partial charge in [-0.15, -0.1) is 0 Å². The predicted molar refractivity (Wildman–Crippen MR) is 70.1 cm³/mol. The van der Waals surface area contributed by atoms with Crippen molar-refractivity contribution < 1.29 is 4.79 Å². The second-order valence-electron chi connectivity index (χ2n) is 5.37. The Hall–Kier alpha value is -1.36. The van der Waals surface area contributed by atoms with Gasteiger partial charge in [0.25, 0.3) is 0 Å². The first-order chi connectivity index (χ1) is 8.44. The minimum absolute atomic E-state index is 0.162. The van der Waals surface area contributed by atoms with E-state index in [2.05, 4.69) is 23.4 Å². The molecule has 18 heavy (non-hydrogen) atoms. The van der Waals surface area contributed by atoms with E-state index in [1.807, 2.05) is 30.4 Å². The molecule has 5 heteroatoms. The third-order valence-electron chi connectivity index (χ3n) is 3.41. The summed E-state index contributed by atoms with van der Waals surface area (Å²) in [6.45, 7) is 11.0. The number of aryl methyl sites for hydroxylation is 2. The van der Waals surface area contributed by atoms with Gasteiger partial charge in [0.1, 0.15) is 0 Å². The van der Waals surface area contributed by atoms with Crippen LogP contribution in [0.2, 0.25) is 0 Å². The Morgan fingerprint density at radius 3 is 2.89 bits per heavy atom. The lowest BCUT2D eigenvalue weighted by molar-refractivity contribution is -0.140. The molecule has 1 saturated heterocycles. The summed E-state index contributed by atoms with van der Waals surface area (Å²) < 4.78 is 1.97. The molecule has 5 nitrogen and oxygen atoms in total. The number of amides is 1. The number of hydrogen-bond acceptors (Lipinski definition) is 3. The van der Waals surface area contributed by atoms with Gasteiger partial charge in [0.05, 0.1) is 23.5 Å². The van der Waals surface area contributed by atoms with Crippen molar-refractivity contribution in [1.82, 2.24) is 20.0 Å². The third kappa shape index (κ3) is 2.41. The van der Waals surface area contributed by atoms with Crippen molar-refractivity contribution in [2.45, 2.75) is 46.3 Å². The molecule has 1 aliphatic heterocycles. The summed E-state index contributed by atoms with van der Waals surface area (Å²) in [6, 6.07) is 2.06. The molecular formula is C13H22N4O. The minimum atomic E-state index is -0.454. The van der Waals surface area contributed by atoms with Crippen LogP contribution >= 0.6 is 0 Å². The van der Waals surface area contributed by atoms with Crippen LogP contribution in [0.15, 0.2) is 6.07 Å². The van der Waals surface area contributed by atoms with Crippen LogP contribution in [0.4, 0.5) is 0 Å². The highest BCUT2D eigenvalue weighted by atomic mass is 16.2. The first-order valence-electron chi connectivity index (χ1n) is 6.52. The fraction of sp³-hybridized carbons (Fsp3) is 0.692. The Morgan fingerprint density at radius 2 is 2.22 bits per heavy atom. The zero-order valence-electron chi connectivity index (χ0n) is 11.7. The van der Waals surface area contributed by atoms with E-state index in [1.165, 1.54) is 0 Å². The van der Waals surface area contributed by atoms with Crippen LogP contribution in [0.5, 0.6) is 0 Å². The minimum Gasteiger partial charge on any atom is -0.334 e. The quantitative estimate of drug-likeness (QED) is 0.868. The molecule has 1 amide bonds. The average Bonchev–Trinajstić information content (AvgIpc) is 2.65. The smallest absolute Gasteiger partial charge is 0.242 e. The molecule has 0 radical (unpaired) electrons. The van der Waals surface area contributed by atoms with Gasteiger partial charge in [-0.25, -0.2) is 0 Å². The normalized spacial score (nSPS) is 19.3. The maximum Gasteiger partial charge on any atom is 0.242 e. The van der Waals surface area contributed by atoms with E-state index in [0.717, 1.165) is 31.0 Å². The van der Waals surface area contributed by atoms with Gasteiger partial charge in [0.2, 0.25) is 5.91 Å². The van der Waals surface area contributed by atoms with Gasteiger partial charge in [0, 0.05) is 19.6 Å². The Kier molecular flexibility index (Phi) is 3.43. The van der Waals surface area contributed by atoms with Gasteiger partial charge < -0.3 is 10.2 Å². The number of carbonyl (C=O) groups is 1. The van der Waals surface area contributed by atoms with Crippen molar-refractivity contribution in [2.75, 3.05) is 13.1 Å². The standard InChI is InChI=1S/C13H22N4O/c1-5-17-11(8-10(2)15-17)9-16-7-6-14-13(3,4)12(16)18/h8,14H,5-7,9H2,1-4H3. The predicted octanol–water partition coefficient (Wildman–Crippen LogP) is 0.922. The molecule has 0 atom stereocenters. The van der Waals surface area contributed by atoms with Gasteiger partial charge in [0.15, 0.2) is 0 Å². The number of hydrogen-bond donors (Lipinski definition) is 1. The summed E-state index contributed by atoms with van der Waals surface area (Å²) in [7, 11) is 0. The number of piperazine rings is 1. The lowest BCUT2D eigenvalue weighted by Gasteiger charge is -2.38. The topological polar surface area (TPSA) is 50.2 Å². The summed E-state index contributed by atoms with van der Waals surface area (Å²) in [5.41, 5.74) is 1.67. The molecule has 0 aromatic carbocycles. The SMILES string of the molecule is CCn1nc(C)cc1CN1CCNC(C)(C)C1=O. The molecule has 1 fully saturated rings. The molecule has 1 aromatic heterocycles. The Balaban J connectivity index is 2.15. The molecule has 0 unspecified atom stereocenters. The molecule has 0 saturated carbocycles. The van der Waals surface area contributed by atoms with Crippen LogP contribution in [0.25, 0.3) is 0 Å². The number of aromatic nitrogens is 2. The third-order valence-corrected chi connectivity index (χ3v) is 3.41. The van der Waals surface area contributed by atoms with Gasteiger partial charge in [-0.2, -0.15) is 5.10 Å². The van der Waals surface area contributed by atoms with Crippen LogP contribution in [-0.2, 0) is 17.9 Å². The first kappa shape index (κ1) is 13.1. The summed E-state index contributed by atoms with van der Waals surface area (Å²) in [5.74, 6) is 0.162. The monoisotopic (exact) mass is 250 g/mol. The molecule has 0 spiro atoms. The van der Waals surface area contributed by atoms with Crippen molar-refractivity contribution in [2.24, 2.45) is 0 Å². The fourth-order valence-corrected chi connectivity index (χ4v) is 2.42. The maximum atomic E-state index is 12.3. The van der Waals surface area contributed by atoms with E-state index in [9.17, 15) is 4.79 Å². The number of rotatable bonds is 3. The zero-order valence-corrected chi connectivity index (χ0v) is 11.7. The van der Waals surface area contributed by atoms with Gasteiger partial charge in [-0.05, 0) is 33.8 Å². The average molecular weight is 250 g/mol. The van der Waals surface area contributed by atoms with Crippen LogP contribution in [0, 0.1) is 6.92 Å². The number of carbonyl (C=O) groups excluding carboxylic acids is 1. The molecule has 100 valence electrons. The molecule has 0 bridgehead atoms. The van der Waals surface area contributed by atoms with Crippen molar-refractivity contribution in [3.8, 4) is 0 Å². The summed E-state index contributed by atoms with van der Waals surface area (Å²) in [5, 5.41) is 7.66. The van der Waals surface area contributed by atoms with Crippen LogP contribution in [0.1, 0.15) is 32.2 Å². The number of nitrogens with one attached hydrogen (secondary N) is 1. The highest BCUT2D eigenvalue weighted by molar-refractivity contribution is 5.86. The zero-order chi connectivity index (χ0) is 13.3. The Labute approximate surface area is 108 Å². The molecule has 1 aliphatic rings. The summed E-state index contributed by atoms with van der Waals surface area (Å²) >= 11 is 0. The molecule has 1 N–H and O–H groups in total. The van der Waals surface area contributed by atoms with E-state index in [1.54, 1.807) is 0 Å². The van der Waals surface area contributed by atoms with E-state index >= 15 is 0 Å². The van der Waals surface area contributed by atoms with E-state index in [4.69, 9.17) is 0 Å². The molecular weight excluding hydrogens is 228 g/mol. The highest BCUT2D eigenvalue weighted by Gasteiger charge is 2.35. The lowest BCUT2D eigenvalue weighted by atomic mass is 10.0. The fourth-order valence-electron chi connectivity index (χ4n) is 2.42. The van der Waals surface area contributed by atoms with Gasteiger partial charge in [-0.3, -0.25) is 9.48 Å². The van der Waals surface area contributed by atoms with E-state index < -0.39 is 5.54 Å². The lowest BCUT2D eigenvalue weighted by Crippen LogP contribution is -2.60. The van der Waals surface area contributed by atoms with Crippen molar-refractivity contribution in [1.29, 1.82) is 0 Å². The summed E-state index contributed by atoms with van der Waals surface area (Å²) in [6.07, 6.45) is 0. The largest absolute Gasteiger partial charge is 0.334 e. The van der Waals surface area contributed by atoms with Gasteiger partial charge in [-0.1, -0.05) is 0 Å². The molecule has 0 aliphatic carbocycles. The molecule has 2 heterocycles. The van der Waals surface area contributed by atoms with E-state index in [0.29, 0.717) is 6.54 Å². The van der Waals surface area contributed by atoms with Crippen LogP contribution in [-0.4, -0.2) is 39.2 Å². The molecule has 2 rings (SSSR count). The second kappa shape index (κ2) is 4.72. The van der Waals surface area contributed by atoms with Crippen molar-refractivity contribution in [3.63, 3.8) is 0 Å². The van der Waals surface area contributed by atoms with E-state index in [-0.39, 0.29) is 5.91 Å². The summed E-state index contributed by atoms with van der Waals surface area (Å²) in [4.78, 5) is 14.2. The van der Waals surface area contributed by atoms with Crippen molar-refractivity contribution >= 4 is 5.91 Å². The van der Waals surface area contributed by atoms with Gasteiger partial charge >= 0.3 is 0 Å². The van der Waals surface area contributed by atoms with Crippen molar-refractivity contribution in [3.05, 3.63) is 17.5 Å². The maximum absolute atomic E-state index is 12.3. The van der Waals surface area contributed by atoms with Crippen LogP contribution < -0.4 is 5.32 Å². The first-order valence-corrected chi connectivity index (χ1v) is 6.52. The second-order valence-corrected chi connectivity index (χ2v) is 5.37. The Bertz CT molecular complexity index is 450. The number of nitrogens with zero attached hydrogens (tertiary/aromatic N) is 3. The molecule has 1 aromatic rings. The highest BCUT2D eigenvalue weighted by Crippen LogP contribution is 2.16.